The average Bonchev–Trinajstić information content (AvgIpc) is 2.58. The molecule has 0 spiro atoms. The Labute approximate surface area is 153 Å². The number of nitrogens with two attached hydrogens (primary N) is 1. The smallest absolute Gasteiger partial charge is 0.255 e. The summed E-state index contributed by atoms with van der Waals surface area (Å²) < 4.78 is 15.9. The highest BCUT2D eigenvalue weighted by Crippen LogP contribution is 2.39. The summed E-state index contributed by atoms with van der Waals surface area (Å²) in [6, 6.07) is 3.25. The van der Waals surface area contributed by atoms with Crippen LogP contribution in [0.25, 0.3) is 0 Å². The molecule has 1 saturated heterocycles. The van der Waals surface area contributed by atoms with Crippen LogP contribution in [-0.4, -0.2) is 63.2 Å². The number of methoxy groups -OCH3 is 2. The molecule has 1 aliphatic heterocycles. The third kappa shape index (κ3) is 4.90. The molecule has 1 aliphatic rings. The zero-order chi connectivity index (χ0) is 17.7. The lowest BCUT2D eigenvalue weighted by atomic mass is 10.1. The van der Waals surface area contributed by atoms with Crippen LogP contribution in [0.15, 0.2) is 12.1 Å². The fourth-order valence-electron chi connectivity index (χ4n) is 2.60. The maximum atomic E-state index is 12.8. The van der Waals surface area contributed by atoms with Crippen molar-refractivity contribution >= 4 is 24.2 Å². The lowest BCUT2D eigenvalue weighted by molar-refractivity contribution is -0.120. The number of piperazine rings is 1. The highest BCUT2D eigenvalue weighted by molar-refractivity contribution is 5.96. The second-order valence-corrected chi connectivity index (χ2v) is 5.52. The number of hydrogen-bond donors (Lipinski definition) is 2. The van der Waals surface area contributed by atoms with Crippen molar-refractivity contribution in [3.05, 3.63) is 17.7 Å². The van der Waals surface area contributed by atoms with E-state index >= 15 is 0 Å². The van der Waals surface area contributed by atoms with Crippen LogP contribution in [0, 0.1) is 0 Å². The number of amides is 2. The second-order valence-electron chi connectivity index (χ2n) is 5.52. The predicted molar refractivity (Wildman–Crippen MR) is 94.9 cm³/mol. The first-order valence-corrected chi connectivity index (χ1v) is 7.66. The van der Waals surface area contributed by atoms with Gasteiger partial charge in [-0.3, -0.25) is 9.59 Å². The molecule has 0 aliphatic carbocycles. The topological polar surface area (TPSA) is 103 Å². The summed E-state index contributed by atoms with van der Waals surface area (Å²) in [5.74, 6) is 0.128. The van der Waals surface area contributed by atoms with E-state index in [1.54, 1.807) is 17.0 Å². The molecule has 2 amide bonds. The van der Waals surface area contributed by atoms with E-state index in [4.69, 9.17) is 19.9 Å². The van der Waals surface area contributed by atoms with Gasteiger partial charge in [0.2, 0.25) is 5.75 Å². The summed E-state index contributed by atoms with van der Waals surface area (Å²) in [5.41, 5.74) is 5.54. The first kappa shape index (κ1) is 20.9. The van der Waals surface area contributed by atoms with Crippen LogP contribution in [0.2, 0.25) is 0 Å². The van der Waals surface area contributed by atoms with Crippen molar-refractivity contribution in [3.63, 3.8) is 0 Å². The van der Waals surface area contributed by atoms with Gasteiger partial charge in [0.05, 0.1) is 14.2 Å². The van der Waals surface area contributed by atoms with Gasteiger partial charge >= 0.3 is 0 Å². The largest absolute Gasteiger partial charge is 0.493 e. The molecule has 0 saturated carbocycles. The summed E-state index contributed by atoms with van der Waals surface area (Å²) in [5, 5.41) is 3.25. The van der Waals surface area contributed by atoms with Gasteiger partial charge < -0.3 is 30.2 Å². The first-order chi connectivity index (χ1) is 11.5. The lowest BCUT2D eigenvalue weighted by Crippen LogP contribution is -2.52. The Hall–Kier alpha value is -2.19. The molecule has 3 N–H and O–H groups in total. The maximum Gasteiger partial charge on any atom is 0.255 e. The number of benzene rings is 1. The van der Waals surface area contributed by atoms with Crippen molar-refractivity contribution in [1.82, 2.24) is 10.2 Å². The number of carbonyl (C=O) groups is 2. The van der Waals surface area contributed by atoms with Gasteiger partial charge in [0, 0.05) is 31.2 Å². The van der Waals surface area contributed by atoms with Crippen LogP contribution in [0.5, 0.6) is 17.2 Å². The molecule has 0 radical (unpaired) electrons. The van der Waals surface area contributed by atoms with Crippen LogP contribution in [0.1, 0.15) is 17.3 Å². The number of primary amides is 1. The second kappa shape index (κ2) is 9.33. The van der Waals surface area contributed by atoms with Crippen molar-refractivity contribution in [2.24, 2.45) is 5.73 Å². The van der Waals surface area contributed by atoms with E-state index in [0.29, 0.717) is 23.6 Å². The molecule has 25 heavy (non-hydrogen) atoms. The molecule has 9 heteroatoms. The van der Waals surface area contributed by atoms with E-state index in [0.717, 1.165) is 13.1 Å². The average molecular weight is 374 g/mol. The molecule has 0 unspecified atom stereocenters. The number of nitrogens with zero attached hydrogens (tertiary/aromatic N) is 1. The van der Waals surface area contributed by atoms with E-state index in [1.165, 1.54) is 14.2 Å². The van der Waals surface area contributed by atoms with Gasteiger partial charge in [0.25, 0.3) is 11.8 Å². The van der Waals surface area contributed by atoms with Gasteiger partial charge in [-0.25, -0.2) is 0 Å². The summed E-state index contributed by atoms with van der Waals surface area (Å²) in [7, 11) is 2.90. The number of ether oxygens (including phenoxy) is 3. The molecule has 1 fully saturated rings. The molecular formula is C16H24ClN3O5. The fraction of sp³-hybridized carbons (Fsp3) is 0.500. The summed E-state index contributed by atoms with van der Waals surface area (Å²) in [4.78, 5) is 25.5. The normalized spacial score (nSPS) is 16.6. The third-order valence-corrected chi connectivity index (χ3v) is 3.83. The lowest BCUT2D eigenvalue weighted by Gasteiger charge is -2.34. The van der Waals surface area contributed by atoms with Crippen molar-refractivity contribution in [1.29, 1.82) is 0 Å². The highest BCUT2D eigenvalue weighted by Gasteiger charge is 2.26. The van der Waals surface area contributed by atoms with E-state index < -0.39 is 5.91 Å². The molecule has 2 rings (SSSR count). The molecule has 1 atom stereocenters. The van der Waals surface area contributed by atoms with Crippen LogP contribution < -0.4 is 25.3 Å². The van der Waals surface area contributed by atoms with Crippen LogP contribution in [0.4, 0.5) is 0 Å². The fourth-order valence-corrected chi connectivity index (χ4v) is 2.60. The monoisotopic (exact) mass is 373 g/mol. The molecule has 1 heterocycles. The van der Waals surface area contributed by atoms with Crippen LogP contribution >= 0.6 is 12.4 Å². The van der Waals surface area contributed by atoms with Gasteiger partial charge in [-0.1, -0.05) is 0 Å². The number of carbonyl (C=O) groups excluding carboxylic acids is 2. The third-order valence-electron chi connectivity index (χ3n) is 3.83. The molecular weight excluding hydrogens is 350 g/mol. The number of nitrogens with one attached hydrogen (secondary N) is 1. The Balaban J connectivity index is 0.00000312. The van der Waals surface area contributed by atoms with E-state index in [1.807, 2.05) is 6.92 Å². The summed E-state index contributed by atoms with van der Waals surface area (Å²) in [6.45, 7) is 3.81. The zero-order valence-corrected chi connectivity index (χ0v) is 15.4. The summed E-state index contributed by atoms with van der Waals surface area (Å²) in [6.07, 6.45) is 0. The molecule has 0 bridgehead atoms. The van der Waals surface area contributed by atoms with Crippen molar-refractivity contribution in [2.75, 3.05) is 40.5 Å². The Bertz CT molecular complexity index is 601. The highest BCUT2D eigenvalue weighted by atomic mass is 35.5. The van der Waals surface area contributed by atoms with Crippen molar-refractivity contribution < 1.29 is 23.8 Å². The van der Waals surface area contributed by atoms with Gasteiger partial charge in [0.15, 0.2) is 18.1 Å². The molecule has 140 valence electrons. The SMILES string of the molecule is COc1cc(C(=O)N2CCNC[C@@H]2C)cc(OC)c1OCC(N)=O.Cl. The van der Waals surface area contributed by atoms with E-state index in [-0.39, 0.29) is 36.7 Å². The Kier molecular flexibility index (Phi) is 7.79. The number of rotatable bonds is 6. The number of halogens is 1. The minimum atomic E-state index is -0.617. The predicted octanol–water partition coefficient (Wildman–Crippen LogP) is 0.424. The van der Waals surface area contributed by atoms with Crippen molar-refractivity contribution in [2.45, 2.75) is 13.0 Å². The minimum absolute atomic E-state index is 0. The van der Waals surface area contributed by atoms with E-state index in [9.17, 15) is 9.59 Å². The van der Waals surface area contributed by atoms with Crippen LogP contribution in [-0.2, 0) is 4.79 Å². The molecule has 1 aromatic rings. The van der Waals surface area contributed by atoms with Gasteiger partial charge in [0.1, 0.15) is 0 Å². The Morgan fingerprint density at radius 2 is 1.88 bits per heavy atom. The molecule has 0 aromatic heterocycles. The van der Waals surface area contributed by atoms with Crippen LogP contribution in [0.3, 0.4) is 0 Å². The van der Waals surface area contributed by atoms with Gasteiger partial charge in [-0.2, -0.15) is 0 Å². The summed E-state index contributed by atoms with van der Waals surface area (Å²) >= 11 is 0. The molecule has 8 nitrogen and oxygen atoms in total. The van der Waals surface area contributed by atoms with E-state index in [2.05, 4.69) is 5.32 Å². The maximum absolute atomic E-state index is 12.8. The zero-order valence-electron chi connectivity index (χ0n) is 14.5. The van der Waals surface area contributed by atoms with Gasteiger partial charge in [-0.15, -0.1) is 12.4 Å². The van der Waals surface area contributed by atoms with Gasteiger partial charge in [-0.05, 0) is 19.1 Å². The van der Waals surface area contributed by atoms with Crippen molar-refractivity contribution in [3.8, 4) is 17.2 Å². The molecule has 1 aromatic carbocycles. The quantitative estimate of drug-likeness (QED) is 0.749. The Morgan fingerprint density at radius 3 is 2.36 bits per heavy atom. The number of hydrogen-bond acceptors (Lipinski definition) is 6. The minimum Gasteiger partial charge on any atom is -0.493 e. The Morgan fingerprint density at radius 1 is 1.28 bits per heavy atom. The standard InChI is InChI=1S/C16H23N3O5.ClH/c1-10-8-18-4-5-19(10)16(21)11-6-12(22-2)15(13(7-11)23-3)24-9-14(17)20;/h6-7,10,18H,4-5,8-9H2,1-3H3,(H2,17,20);1H/t10-;/m0./s1. The first-order valence-electron chi connectivity index (χ1n) is 7.66.